The Morgan fingerprint density at radius 3 is 2.45 bits per heavy atom. The summed E-state index contributed by atoms with van der Waals surface area (Å²) >= 11 is 0. The van der Waals surface area contributed by atoms with Gasteiger partial charge in [0.25, 0.3) is 0 Å². The maximum Gasteiger partial charge on any atom is 0.211 e. The van der Waals surface area contributed by atoms with E-state index in [2.05, 4.69) is 21.9 Å². The SMILES string of the molecule is CCCS(=O)(=O)NCC(C)N1CCC2(CCNCC2)C1.Cl.Cl. The van der Waals surface area contributed by atoms with Crippen LogP contribution >= 0.6 is 24.8 Å². The minimum absolute atomic E-state index is 0. The third kappa shape index (κ3) is 6.13. The van der Waals surface area contributed by atoms with Crippen LogP contribution in [0.2, 0.25) is 0 Å². The van der Waals surface area contributed by atoms with Crippen LogP contribution in [0.1, 0.15) is 39.5 Å². The van der Waals surface area contributed by atoms with Crippen LogP contribution in [-0.2, 0) is 10.0 Å². The lowest BCUT2D eigenvalue weighted by atomic mass is 9.78. The number of halogens is 2. The van der Waals surface area contributed by atoms with Crippen LogP contribution in [-0.4, -0.2) is 57.8 Å². The third-order valence-corrected chi connectivity index (χ3v) is 6.38. The summed E-state index contributed by atoms with van der Waals surface area (Å²) < 4.78 is 26.2. The Morgan fingerprint density at radius 2 is 1.86 bits per heavy atom. The summed E-state index contributed by atoms with van der Waals surface area (Å²) in [6.45, 7) is 9.06. The van der Waals surface area contributed by atoms with Crippen LogP contribution < -0.4 is 10.0 Å². The van der Waals surface area contributed by atoms with Gasteiger partial charge in [0.15, 0.2) is 0 Å². The molecule has 2 N–H and O–H groups in total. The predicted molar refractivity (Wildman–Crippen MR) is 96.8 cm³/mol. The smallest absolute Gasteiger partial charge is 0.211 e. The molecule has 0 bridgehead atoms. The summed E-state index contributed by atoms with van der Waals surface area (Å²) in [4.78, 5) is 2.46. The van der Waals surface area contributed by atoms with E-state index in [0.717, 1.165) is 26.2 Å². The molecule has 1 spiro atoms. The van der Waals surface area contributed by atoms with Crippen LogP contribution in [0, 0.1) is 5.41 Å². The molecule has 0 aliphatic carbocycles. The Morgan fingerprint density at radius 1 is 1.23 bits per heavy atom. The van der Waals surface area contributed by atoms with E-state index in [9.17, 15) is 8.42 Å². The van der Waals surface area contributed by atoms with Gasteiger partial charge in [0, 0.05) is 19.1 Å². The Kier molecular flexibility index (Phi) is 9.82. The van der Waals surface area contributed by atoms with Gasteiger partial charge in [-0.05, 0) is 57.7 Å². The van der Waals surface area contributed by atoms with Crippen LogP contribution in [0.25, 0.3) is 0 Å². The Balaban J connectivity index is 0.00000220. The first kappa shape index (κ1) is 22.4. The third-order valence-electron chi connectivity index (χ3n) is 4.83. The van der Waals surface area contributed by atoms with Crippen molar-refractivity contribution in [3.8, 4) is 0 Å². The molecule has 8 heteroatoms. The molecule has 1 atom stereocenters. The molecule has 22 heavy (non-hydrogen) atoms. The molecule has 2 rings (SSSR count). The number of nitrogens with one attached hydrogen (secondary N) is 2. The van der Waals surface area contributed by atoms with Gasteiger partial charge in [-0.3, -0.25) is 4.90 Å². The molecule has 5 nitrogen and oxygen atoms in total. The van der Waals surface area contributed by atoms with Crippen molar-refractivity contribution in [3.05, 3.63) is 0 Å². The zero-order chi connectivity index (χ0) is 14.6. The van der Waals surface area contributed by atoms with E-state index < -0.39 is 10.0 Å². The molecule has 2 aliphatic rings. The molecular formula is C14H31Cl2N3O2S. The molecule has 2 aliphatic heterocycles. The highest BCUT2D eigenvalue weighted by molar-refractivity contribution is 7.89. The van der Waals surface area contributed by atoms with Crippen molar-refractivity contribution in [1.82, 2.24) is 14.9 Å². The van der Waals surface area contributed by atoms with E-state index in [1.165, 1.54) is 19.3 Å². The standard InChI is InChI=1S/C14H29N3O2S.2ClH/c1-3-10-20(18,19)16-11-13(2)17-9-6-14(12-17)4-7-15-8-5-14;;/h13,15-16H,3-12H2,1-2H3;2*1H. The Hall–Kier alpha value is 0.410. The van der Waals surface area contributed by atoms with E-state index in [1.54, 1.807) is 0 Å². The van der Waals surface area contributed by atoms with Crippen molar-refractivity contribution in [3.63, 3.8) is 0 Å². The summed E-state index contributed by atoms with van der Waals surface area (Å²) in [5.41, 5.74) is 0.488. The van der Waals surface area contributed by atoms with Gasteiger partial charge in [-0.1, -0.05) is 6.92 Å². The van der Waals surface area contributed by atoms with E-state index in [1.807, 2.05) is 6.92 Å². The van der Waals surface area contributed by atoms with Gasteiger partial charge in [-0.25, -0.2) is 13.1 Å². The number of hydrogen-bond acceptors (Lipinski definition) is 4. The van der Waals surface area contributed by atoms with Crippen molar-refractivity contribution < 1.29 is 8.42 Å². The summed E-state index contributed by atoms with van der Waals surface area (Å²) in [6, 6.07) is 0.288. The van der Waals surface area contributed by atoms with Gasteiger partial charge < -0.3 is 5.32 Å². The molecule has 0 aromatic heterocycles. The fraction of sp³-hybridized carbons (Fsp3) is 1.00. The van der Waals surface area contributed by atoms with Crippen molar-refractivity contribution >= 4 is 34.8 Å². The lowest BCUT2D eigenvalue weighted by Crippen LogP contribution is -2.44. The second-order valence-electron chi connectivity index (χ2n) is 6.49. The summed E-state index contributed by atoms with van der Waals surface area (Å²) in [6.07, 6.45) is 4.46. The summed E-state index contributed by atoms with van der Waals surface area (Å²) in [7, 11) is -3.08. The Labute approximate surface area is 147 Å². The molecule has 0 aromatic carbocycles. The van der Waals surface area contributed by atoms with E-state index in [-0.39, 0.29) is 36.6 Å². The highest BCUT2D eigenvalue weighted by Gasteiger charge is 2.40. The molecule has 134 valence electrons. The normalized spacial score (nSPS) is 22.8. The second kappa shape index (κ2) is 9.64. The average molecular weight is 376 g/mol. The van der Waals surface area contributed by atoms with Gasteiger partial charge in [-0.2, -0.15) is 0 Å². The fourth-order valence-electron chi connectivity index (χ4n) is 3.43. The first-order valence-corrected chi connectivity index (χ1v) is 9.54. The predicted octanol–water partition coefficient (Wildman–Crippen LogP) is 1.62. The van der Waals surface area contributed by atoms with Crippen LogP contribution in [0.5, 0.6) is 0 Å². The van der Waals surface area contributed by atoms with Gasteiger partial charge in [0.05, 0.1) is 5.75 Å². The summed E-state index contributed by atoms with van der Waals surface area (Å²) in [5.74, 6) is 0.231. The first-order valence-electron chi connectivity index (χ1n) is 7.88. The van der Waals surface area contributed by atoms with Crippen LogP contribution in [0.3, 0.4) is 0 Å². The number of rotatable bonds is 6. The number of piperidine rings is 1. The lowest BCUT2D eigenvalue weighted by Gasteiger charge is -2.35. The fourth-order valence-corrected chi connectivity index (χ4v) is 4.61. The van der Waals surface area contributed by atoms with E-state index in [4.69, 9.17) is 0 Å². The molecule has 1 unspecified atom stereocenters. The zero-order valence-corrected chi connectivity index (χ0v) is 16.1. The molecule has 2 heterocycles. The van der Waals surface area contributed by atoms with Crippen molar-refractivity contribution in [1.29, 1.82) is 0 Å². The molecular weight excluding hydrogens is 345 g/mol. The van der Waals surface area contributed by atoms with Gasteiger partial charge in [0.2, 0.25) is 10.0 Å². The minimum atomic E-state index is -3.08. The maximum atomic E-state index is 11.7. The zero-order valence-electron chi connectivity index (χ0n) is 13.6. The number of hydrogen-bond donors (Lipinski definition) is 2. The van der Waals surface area contributed by atoms with E-state index >= 15 is 0 Å². The monoisotopic (exact) mass is 375 g/mol. The van der Waals surface area contributed by atoms with Gasteiger partial charge >= 0.3 is 0 Å². The van der Waals surface area contributed by atoms with Crippen molar-refractivity contribution in [2.45, 2.75) is 45.6 Å². The molecule has 2 saturated heterocycles. The largest absolute Gasteiger partial charge is 0.317 e. The first-order chi connectivity index (χ1) is 9.46. The van der Waals surface area contributed by atoms with Crippen LogP contribution in [0.4, 0.5) is 0 Å². The highest BCUT2D eigenvalue weighted by atomic mass is 35.5. The number of likely N-dealkylation sites (tertiary alicyclic amines) is 1. The van der Waals surface area contributed by atoms with Gasteiger partial charge in [-0.15, -0.1) is 24.8 Å². The molecule has 0 saturated carbocycles. The Bertz CT molecular complexity index is 414. The van der Waals surface area contributed by atoms with Crippen molar-refractivity contribution in [2.24, 2.45) is 5.41 Å². The quantitative estimate of drug-likeness (QED) is 0.740. The molecule has 0 aromatic rings. The van der Waals surface area contributed by atoms with Crippen LogP contribution in [0.15, 0.2) is 0 Å². The van der Waals surface area contributed by atoms with E-state index in [0.29, 0.717) is 18.4 Å². The van der Waals surface area contributed by atoms with Gasteiger partial charge in [0.1, 0.15) is 0 Å². The second-order valence-corrected chi connectivity index (χ2v) is 8.41. The maximum absolute atomic E-state index is 11.7. The number of sulfonamides is 1. The minimum Gasteiger partial charge on any atom is -0.317 e. The summed E-state index contributed by atoms with van der Waals surface area (Å²) in [5, 5.41) is 3.43. The topological polar surface area (TPSA) is 61.4 Å². The number of nitrogens with zero attached hydrogens (tertiary/aromatic N) is 1. The average Bonchev–Trinajstić information content (AvgIpc) is 2.81. The van der Waals surface area contributed by atoms with Crippen molar-refractivity contribution in [2.75, 3.05) is 38.5 Å². The highest BCUT2D eigenvalue weighted by Crippen LogP contribution is 2.39. The molecule has 0 radical (unpaired) electrons. The molecule has 0 amide bonds. The lowest BCUT2D eigenvalue weighted by molar-refractivity contribution is 0.175. The molecule has 2 fully saturated rings.